The highest BCUT2D eigenvalue weighted by Gasteiger charge is 2.59. The number of hydrogen-bond acceptors (Lipinski definition) is 5. The molecule has 1 heterocycles. The zero-order valence-corrected chi connectivity index (χ0v) is 13.4. The van der Waals surface area contributed by atoms with Crippen LogP contribution in [-0.4, -0.2) is 54.5 Å². The van der Waals surface area contributed by atoms with Crippen molar-refractivity contribution in [3.05, 3.63) is 35.9 Å². The van der Waals surface area contributed by atoms with Crippen LogP contribution in [0.15, 0.2) is 30.3 Å². The van der Waals surface area contributed by atoms with E-state index in [4.69, 9.17) is 14.2 Å². The minimum atomic E-state index is -1.48. The van der Waals surface area contributed by atoms with E-state index in [1.807, 2.05) is 30.3 Å². The molecule has 1 aromatic carbocycles. The van der Waals surface area contributed by atoms with Crippen LogP contribution in [0.3, 0.4) is 0 Å². The van der Waals surface area contributed by atoms with Gasteiger partial charge in [-0.2, -0.15) is 0 Å². The molecule has 1 saturated heterocycles. The van der Waals surface area contributed by atoms with E-state index in [1.54, 1.807) is 13.8 Å². The number of carbonyl (C=O) groups is 1. The van der Waals surface area contributed by atoms with Crippen LogP contribution in [0.4, 0.5) is 4.79 Å². The fourth-order valence-electron chi connectivity index (χ4n) is 2.64. The predicted octanol–water partition coefficient (Wildman–Crippen LogP) is 1.77. The van der Waals surface area contributed by atoms with E-state index in [0.29, 0.717) is 6.42 Å². The fourth-order valence-corrected chi connectivity index (χ4v) is 2.64. The monoisotopic (exact) mass is 309 g/mol. The number of aliphatic hydroxyl groups is 1. The van der Waals surface area contributed by atoms with E-state index in [1.165, 1.54) is 19.1 Å². The highest BCUT2D eigenvalue weighted by Crippen LogP contribution is 2.39. The van der Waals surface area contributed by atoms with E-state index in [2.05, 4.69) is 0 Å². The molecule has 0 aromatic heterocycles. The summed E-state index contributed by atoms with van der Waals surface area (Å²) in [4.78, 5) is 13.4. The Bertz CT molecular complexity index is 515. The summed E-state index contributed by atoms with van der Waals surface area (Å²) >= 11 is 0. The first kappa shape index (κ1) is 16.7. The summed E-state index contributed by atoms with van der Waals surface area (Å²) in [5.74, 6) is 0. The Labute approximate surface area is 130 Å². The van der Waals surface area contributed by atoms with Gasteiger partial charge in [0.2, 0.25) is 0 Å². The molecule has 0 aliphatic carbocycles. The first-order chi connectivity index (χ1) is 10.3. The van der Waals surface area contributed by atoms with Crippen molar-refractivity contribution >= 4 is 6.09 Å². The smallest absolute Gasteiger partial charge is 0.413 e. The Balaban J connectivity index is 2.22. The molecule has 0 unspecified atom stereocenters. The molecule has 122 valence electrons. The van der Waals surface area contributed by atoms with Crippen molar-refractivity contribution in [2.75, 3.05) is 20.8 Å². The highest BCUT2D eigenvalue weighted by molar-refractivity contribution is 5.72. The van der Waals surface area contributed by atoms with Gasteiger partial charge in [0.05, 0.1) is 6.54 Å². The van der Waals surface area contributed by atoms with Gasteiger partial charge in [-0.15, -0.1) is 0 Å². The number of amides is 1. The topological polar surface area (TPSA) is 68.2 Å². The number of rotatable bonds is 6. The van der Waals surface area contributed by atoms with Crippen LogP contribution in [-0.2, 0) is 20.6 Å². The van der Waals surface area contributed by atoms with Gasteiger partial charge in [-0.3, -0.25) is 4.90 Å². The van der Waals surface area contributed by atoms with Crippen LogP contribution in [0.25, 0.3) is 0 Å². The molecule has 0 spiro atoms. The Morgan fingerprint density at radius 1 is 1.23 bits per heavy atom. The molecule has 1 aromatic rings. The molecule has 2 atom stereocenters. The average Bonchev–Trinajstić information content (AvgIpc) is 2.64. The zero-order valence-electron chi connectivity index (χ0n) is 13.4. The van der Waals surface area contributed by atoms with Crippen LogP contribution in [0.5, 0.6) is 0 Å². The van der Waals surface area contributed by atoms with E-state index >= 15 is 0 Å². The van der Waals surface area contributed by atoms with Crippen LogP contribution in [0, 0.1) is 0 Å². The zero-order chi connectivity index (χ0) is 16.4. The van der Waals surface area contributed by atoms with Crippen LogP contribution >= 0.6 is 0 Å². The third-order valence-corrected chi connectivity index (χ3v) is 4.30. The van der Waals surface area contributed by atoms with Crippen molar-refractivity contribution in [2.45, 2.75) is 37.9 Å². The number of ether oxygens (including phenoxy) is 3. The van der Waals surface area contributed by atoms with Crippen LogP contribution < -0.4 is 0 Å². The van der Waals surface area contributed by atoms with Crippen molar-refractivity contribution < 1.29 is 24.1 Å². The molecule has 0 saturated carbocycles. The second kappa shape index (κ2) is 6.24. The average molecular weight is 309 g/mol. The lowest BCUT2D eigenvalue weighted by molar-refractivity contribution is -0.168. The second-order valence-electron chi connectivity index (χ2n) is 5.79. The van der Waals surface area contributed by atoms with Crippen molar-refractivity contribution in [3.63, 3.8) is 0 Å². The number of cyclic esters (lactones) is 1. The molecule has 6 heteroatoms. The summed E-state index contributed by atoms with van der Waals surface area (Å²) in [5, 5.41) is 10.9. The van der Waals surface area contributed by atoms with Gasteiger partial charge < -0.3 is 19.3 Å². The Morgan fingerprint density at radius 2 is 1.82 bits per heavy atom. The van der Waals surface area contributed by atoms with Gasteiger partial charge in [-0.1, -0.05) is 30.3 Å². The molecule has 1 amide bonds. The maximum Gasteiger partial charge on any atom is 0.413 e. The van der Waals surface area contributed by atoms with Gasteiger partial charge in [-0.05, 0) is 19.4 Å². The summed E-state index contributed by atoms with van der Waals surface area (Å²) in [6, 6.07) is 9.61. The maximum absolute atomic E-state index is 12.2. The molecule has 0 radical (unpaired) electrons. The lowest BCUT2D eigenvalue weighted by Crippen LogP contribution is -2.57. The van der Waals surface area contributed by atoms with E-state index in [-0.39, 0.29) is 6.54 Å². The Morgan fingerprint density at radius 3 is 2.36 bits per heavy atom. The van der Waals surface area contributed by atoms with E-state index < -0.39 is 23.7 Å². The summed E-state index contributed by atoms with van der Waals surface area (Å²) in [7, 11) is 2.96. The lowest BCUT2D eigenvalue weighted by Gasteiger charge is -2.38. The molecule has 6 nitrogen and oxygen atoms in total. The molecular weight excluding hydrogens is 286 g/mol. The molecule has 0 bridgehead atoms. The normalized spacial score (nSPS) is 28.3. The van der Waals surface area contributed by atoms with E-state index in [9.17, 15) is 9.90 Å². The van der Waals surface area contributed by atoms with Gasteiger partial charge in [0.1, 0.15) is 0 Å². The summed E-state index contributed by atoms with van der Waals surface area (Å²) in [5.41, 5.74) is -1.55. The van der Waals surface area contributed by atoms with Crippen LogP contribution in [0.1, 0.15) is 19.4 Å². The predicted molar refractivity (Wildman–Crippen MR) is 80.2 cm³/mol. The first-order valence-electron chi connectivity index (χ1n) is 7.16. The summed E-state index contributed by atoms with van der Waals surface area (Å²) < 4.78 is 15.7. The number of methoxy groups -OCH3 is 2. The van der Waals surface area contributed by atoms with Crippen molar-refractivity contribution in [2.24, 2.45) is 0 Å². The number of benzene rings is 1. The molecular formula is C16H23NO5. The minimum Gasteiger partial charge on any atom is -0.438 e. The summed E-state index contributed by atoms with van der Waals surface area (Å²) in [6.45, 7) is 3.39. The second-order valence-corrected chi connectivity index (χ2v) is 5.79. The van der Waals surface area contributed by atoms with E-state index in [0.717, 1.165) is 5.56 Å². The highest BCUT2D eigenvalue weighted by atomic mass is 16.7. The molecule has 1 aliphatic rings. The van der Waals surface area contributed by atoms with Crippen molar-refractivity contribution in [3.8, 4) is 0 Å². The Kier molecular flexibility index (Phi) is 4.75. The number of hydrogen-bond donors (Lipinski definition) is 1. The molecule has 2 rings (SSSR count). The van der Waals surface area contributed by atoms with Gasteiger partial charge in [0, 0.05) is 20.6 Å². The lowest BCUT2D eigenvalue weighted by atomic mass is 9.86. The molecule has 22 heavy (non-hydrogen) atoms. The van der Waals surface area contributed by atoms with Gasteiger partial charge in [-0.25, -0.2) is 4.79 Å². The van der Waals surface area contributed by atoms with Crippen molar-refractivity contribution in [1.82, 2.24) is 4.90 Å². The fraction of sp³-hybridized carbons (Fsp3) is 0.562. The van der Waals surface area contributed by atoms with Crippen LogP contribution in [0.2, 0.25) is 0 Å². The molecule has 1 aliphatic heterocycles. The maximum atomic E-state index is 12.2. The third kappa shape index (κ3) is 2.95. The number of carbonyl (C=O) groups excluding carboxylic acids is 1. The SMILES string of the molecule is COC(CN1C(=O)O[C@](C)(Cc2ccccc2)[C@@]1(C)O)OC. The van der Waals surface area contributed by atoms with Crippen molar-refractivity contribution in [1.29, 1.82) is 0 Å². The Hall–Kier alpha value is -1.63. The van der Waals surface area contributed by atoms with Gasteiger partial charge in [0.15, 0.2) is 17.6 Å². The summed E-state index contributed by atoms with van der Waals surface area (Å²) in [6.07, 6.45) is -0.797. The minimum absolute atomic E-state index is 0.0865. The molecule has 1 N–H and O–H groups in total. The number of nitrogens with zero attached hydrogens (tertiary/aromatic N) is 1. The third-order valence-electron chi connectivity index (χ3n) is 4.30. The van der Waals surface area contributed by atoms with Gasteiger partial charge >= 0.3 is 6.09 Å². The van der Waals surface area contributed by atoms with Gasteiger partial charge in [0.25, 0.3) is 0 Å². The largest absolute Gasteiger partial charge is 0.438 e. The first-order valence-corrected chi connectivity index (χ1v) is 7.16. The molecule has 1 fully saturated rings. The standard InChI is InChI=1S/C16H23NO5/c1-15(10-12-8-6-5-7-9-12)16(2,19)17(14(18)22-15)11-13(20-3)21-4/h5-9,13,19H,10-11H2,1-4H3/t15-,16-/m1/s1. The quantitative estimate of drug-likeness (QED) is 0.811.